The molecule has 0 unspecified atom stereocenters. The van der Waals surface area contributed by atoms with Crippen molar-refractivity contribution in [1.82, 2.24) is 10.3 Å². The summed E-state index contributed by atoms with van der Waals surface area (Å²) in [6.45, 7) is 2.46. The Bertz CT molecular complexity index is 496. The number of aromatic nitrogens is 1. The Morgan fingerprint density at radius 2 is 2.24 bits per heavy atom. The number of hydrogen-bond donors (Lipinski definition) is 2. The highest BCUT2D eigenvalue weighted by Crippen LogP contribution is 2.12. The fourth-order valence-corrected chi connectivity index (χ4v) is 1.91. The Hall–Kier alpha value is -1.88. The molecular weight excluding hydrogens is 234 g/mol. The molecule has 0 aliphatic rings. The van der Waals surface area contributed by atoms with Crippen LogP contribution in [-0.4, -0.2) is 11.0 Å². The largest absolute Gasteiger partial charge is 0.333 e. The van der Waals surface area contributed by atoms with Crippen molar-refractivity contribution in [2.24, 2.45) is 0 Å². The lowest BCUT2D eigenvalue weighted by Gasteiger charge is -2.08. The number of urea groups is 1. The number of carbonyl (C=O) groups is 1. The van der Waals surface area contributed by atoms with Crippen molar-refractivity contribution >= 4 is 23.1 Å². The molecule has 0 aliphatic heterocycles. The number of benzene rings is 1. The molecule has 0 saturated heterocycles. The van der Waals surface area contributed by atoms with E-state index in [-0.39, 0.29) is 6.03 Å². The van der Waals surface area contributed by atoms with E-state index in [1.165, 1.54) is 11.3 Å². The molecule has 17 heavy (non-hydrogen) atoms. The molecule has 2 aromatic rings. The number of aryl methyl sites for hydroxylation is 1. The third kappa shape index (κ3) is 3.29. The monoisotopic (exact) mass is 247 g/mol. The fourth-order valence-electron chi connectivity index (χ4n) is 1.38. The Kier molecular flexibility index (Phi) is 3.72. The molecule has 1 heterocycles. The van der Waals surface area contributed by atoms with Crippen molar-refractivity contribution in [3.05, 3.63) is 46.4 Å². The SMILES string of the molecule is Cc1ccccc1NC(=O)NCc1cncs1. The molecular formula is C12H13N3OS. The van der Waals surface area contributed by atoms with Gasteiger partial charge in [0.25, 0.3) is 0 Å². The lowest BCUT2D eigenvalue weighted by atomic mass is 10.2. The Balaban J connectivity index is 1.87. The first-order valence-corrected chi connectivity index (χ1v) is 6.11. The summed E-state index contributed by atoms with van der Waals surface area (Å²) < 4.78 is 0. The predicted octanol–water partition coefficient (Wildman–Crippen LogP) is 2.77. The molecule has 2 N–H and O–H groups in total. The van der Waals surface area contributed by atoms with E-state index in [0.29, 0.717) is 6.54 Å². The number of carbonyl (C=O) groups excluding carboxylic acids is 1. The van der Waals surface area contributed by atoms with E-state index in [2.05, 4.69) is 15.6 Å². The topological polar surface area (TPSA) is 54.0 Å². The number of rotatable bonds is 3. The third-order valence-electron chi connectivity index (χ3n) is 2.30. The van der Waals surface area contributed by atoms with Gasteiger partial charge in [-0.05, 0) is 18.6 Å². The Labute approximate surface area is 104 Å². The summed E-state index contributed by atoms with van der Waals surface area (Å²) in [4.78, 5) is 16.6. The van der Waals surface area contributed by atoms with Crippen LogP contribution in [0.5, 0.6) is 0 Å². The van der Waals surface area contributed by atoms with Crippen LogP contribution in [0.3, 0.4) is 0 Å². The van der Waals surface area contributed by atoms with Crippen molar-refractivity contribution < 1.29 is 4.79 Å². The van der Waals surface area contributed by atoms with E-state index < -0.39 is 0 Å². The zero-order chi connectivity index (χ0) is 12.1. The van der Waals surface area contributed by atoms with Crippen LogP contribution in [0.2, 0.25) is 0 Å². The van der Waals surface area contributed by atoms with Crippen LogP contribution < -0.4 is 10.6 Å². The number of nitrogens with one attached hydrogen (secondary N) is 2. The van der Waals surface area contributed by atoms with E-state index in [4.69, 9.17) is 0 Å². The van der Waals surface area contributed by atoms with Crippen LogP contribution in [-0.2, 0) is 6.54 Å². The van der Waals surface area contributed by atoms with Gasteiger partial charge in [-0.25, -0.2) is 4.79 Å². The van der Waals surface area contributed by atoms with Crippen LogP contribution in [0.25, 0.3) is 0 Å². The van der Waals surface area contributed by atoms with Gasteiger partial charge in [-0.1, -0.05) is 18.2 Å². The second-order valence-electron chi connectivity index (χ2n) is 3.59. The first kappa shape index (κ1) is 11.6. The minimum absolute atomic E-state index is 0.201. The van der Waals surface area contributed by atoms with Crippen LogP contribution in [0, 0.1) is 6.92 Å². The summed E-state index contributed by atoms with van der Waals surface area (Å²) in [5.41, 5.74) is 3.62. The van der Waals surface area contributed by atoms with Crippen molar-refractivity contribution in [3.63, 3.8) is 0 Å². The molecule has 2 rings (SSSR count). The molecule has 0 aliphatic carbocycles. The van der Waals surface area contributed by atoms with Crippen LogP contribution in [0.4, 0.5) is 10.5 Å². The second-order valence-corrected chi connectivity index (χ2v) is 4.56. The smallest absolute Gasteiger partial charge is 0.319 e. The first-order valence-electron chi connectivity index (χ1n) is 5.23. The van der Waals surface area contributed by atoms with Gasteiger partial charge in [0, 0.05) is 16.8 Å². The summed E-state index contributed by atoms with van der Waals surface area (Å²) in [5.74, 6) is 0. The van der Waals surface area contributed by atoms with Gasteiger partial charge in [0.2, 0.25) is 0 Å². The molecule has 0 saturated carbocycles. The summed E-state index contributed by atoms with van der Waals surface area (Å²) >= 11 is 1.52. The maximum atomic E-state index is 11.6. The van der Waals surface area contributed by atoms with Gasteiger partial charge < -0.3 is 10.6 Å². The molecule has 0 atom stereocenters. The van der Waals surface area contributed by atoms with E-state index in [0.717, 1.165) is 16.1 Å². The first-order chi connectivity index (χ1) is 8.25. The van der Waals surface area contributed by atoms with E-state index in [9.17, 15) is 4.79 Å². The summed E-state index contributed by atoms with van der Waals surface area (Å²) in [6.07, 6.45) is 1.75. The molecule has 0 bridgehead atoms. The normalized spacial score (nSPS) is 9.94. The summed E-state index contributed by atoms with van der Waals surface area (Å²) in [5, 5.41) is 5.59. The number of anilines is 1. The van der Waals surface area contributed by atoms with Gasteiger partial charge in [0.15, 0.2) is 0 Å². The average Bonchev–Trinajstić information content (AvgIpc) is 2.82. The van der Waals surface area contributed by atoms with Crippen LogP contribution in [0.1, 0.15) is 10.4 Å². The van der Waals surface area contributed by atoms with Gasteiger partial charge in [-0.3, -0.25) is 4.98 Å². The Morgan fingerprint density at radius 3 is 2.94 bits per heavy atom. The molecule has 5 heteroatoms. The van der Waals surface area contributed by atoms with E-state index in [1.54, 1.807) is 11.7 Å². The van der Waals surface area contributed by atoms with Crippen molar-refractivity contribution in [1.29, 1.82) is 0 Å². The number of amides is 2. The molecule has 0 fully saturated rings. The molecule has 1 aromatic carbocycles. The fraction of sp³-hybridized carbons (Fsp3) is 0.167. The molecule has 2 amide bonds. The van der Waals surface area contributed by atoms with E-state index in [1.807, 2.05) is 31.2 Å². The van der Waals surface area contributed by atoms with E-state index >= 15 is 0 Å². The van der Waals surface area contributed by atoms with Crippen molar-refractivity contribution in [3.8, 4) is 0 Å². The summed E-state index contributed by atoms with van der Waals surface area (Å²) in [7, 11) is 0. The van der Waals surface area contributed by atoms with Gasteiger partial charge >= 0.3 is 6.03 Å². The average molecular weight is 247 g/mol. The standard InChI is InChI=1S/C12H13N3OS/c1-9-4-2-3-5-11(9)15-12(16)14-7-10-6-13-8-17-10/h2-6,8H,7H2,1H3,(H2,14,15,16). The molecule has 0 radical (unpaired) electrons. The highest BCUT2D eigenvalue weighted by molar-refractivity contribution is 7.09. The van der Waals surface area contributed by atoms with Crippen molar-refractivity contribution in [2.75, 3.05) is 5.32 Å². The maximum absolute atomic E-state index is 11.6. The number of thiazole rings is 1. The van der Waals surface area contributed by atoms with Gasteiger partial charge in [0.1, 0.15) is 0 Å². The summed E-state index contributed by atoms with van der Waals surface area (Å²) in [6, 6.07) is 7.47. The maximum Gasteiger partial charge on any atom is 0.319 e. The van der Waals surface area contributed by atoms with Gasteiger partial charge in [-0.15, -0.1) is 11.3 Å². The van der Waals surface area contributed by atoms with Gasteiger partial charge in [-0.2, -0.15) is 0 Å². The second kappa shape index (κ2) is 5.45. The van der Waals surface area contributed by atoms with Crippen LogP contribution >= 0.6 is 11.3 Å². The predicted molar refractivity (Wildman–Crippen MR) is 69.2 cm³/mol. The lowest BCUT2D eigenvalue weighted by Crippen LogP contribution is -2.28. The number of para-hydroxylation sites is 1. The zero-order valence-corrected chi connectivity index (χ0v) is 10.3. The van der Waals surface area contributed by atoms with Crippen molar-refractivity contribution in [2.45, 2.75) is 13.5 Å². The quantitative estimate of drug-likeness (QED) is 0.876. The number of hydrogen-bond acceptors (Lipinski definition) is 3. The minimum atomic E-state index is -0.201. The minimum Gasteiger partial charge on any atom is -0.333 e. The lowest BCUT2D eigenvalue weighted by molar-refractivity contribution is 0.252. The molecule has 88 valence electrons. The Morgan fingerprint density at radius 1 is 1.41 bits per heavy atom. The zero-order valence-electron chi connectivity index (χ0n) is 9.43. The third-order valence-corrected chi connectivity index (χ3v) is 3.08. The highest BCUT2D eigenvalue weighted by atomic mass is 32.1. The molecule has 4 nitrogen and oxygen atoms in total. The van der Waals surface area contributed by atoms with Gasteiger partial charge in [0.05, 0.1) is 12.1 Å². The van der Waals surface area contributed by atoms with Crippen LogP contribution in [0.15, 0.2) is 36.0 Å². The molecule has 0 spiro atoms. The molecule has 1 aromatic heterocycles. The highest BCUT2D eigenvalue weighted by Gasteiger charge is 2.03. The number of nitrogens with zero attached hydrogens (tertiary/aromatic N) is 1.